The van der Waals surface area contributed by atoms with Gasteiger partial charge in [-0.2, -0.15) is 0 Å². The number of benzene rings is 2. The minimum atomic E-state index is -0.667. The number of rotatable bonds is 5. The van der Waals surface area contributed by atoms with Crippen LogP contribution in [0.15, 0.2) is 42.5 Å². The lowest BCUT2D eigenvalue weighted by Crippen LogP contribution is -2.25. The van der Waals surface area contributed by atoms with Crippen LogP contribution in [0.2, 0.25) is 0 Å². The third kappa shape index (κ3) is 4.27. The first-order chi connectivity index (χ1) is 10.1. The molecule has 3 nitrogen and oxygen atoms in total. The maximum absolute atomic E-state index is 13.4. The van der Waals surface area contributed by atoms with Crippen molar-refractivity contribution in [2.24, 2.45) is 0 Å². The van der Waals surface area contributed by atoms with Crippen LogP contribution in [0.1, 0.15) is 11.1 Å². The van der Waals surface area contributed by atoms with Gasteiger partial charge >= 0.3 is 0 Å². The van der Waals surface area contributed by atoms with Gasteiger partial charge in [0.1, 0.15) is 17.4 Å². The Morgan fingerprint density at radius 2 is 1.86 bits per heavy atom. The van der Waals surface area contributed by atoms with Crippen molar-refractivity contribution in [1.82, 2.24) is 5.32 Å². The standard InChI is InChI=1S/C16H15F2NO2/c1-21-14-6-2-11(3-7-14)8-16(20)19-10-12-4-5-13(17)9-15(12)18/h2-7,9H,8,10H2,1H3,(H,19,20). The zero-order valence-electron chi connectivity index (χ0n) is 11.5. The molecular formula is C16H15F2NO2. The highest BCUT2D eigenvalue weighted by Crippen LogP contribution is 2.12. The number of hydrogen-bond donors (Lipinski definition) is 1. The van der Waals surface area contributed by atoms with Crippen LogP contribution in [0.4, 0.5) is 8.78 Å². The van der Waals surface area contributed by atoms with E-state index in [1.165, 1.54) is 6.07 Å². The third-order valence-electron chi connectivity index (χ3n) is 3.01. The summed E-state index contributed by atoms with van der Waals surface area (Å²) in [5.74, 6) is -0.822. The van der Waals surface area contributed by atoms with Crippen molar-refractivity contribution in [3.05, 3.63) is 65.2 Å². The fourth-order valence-electron chi connectivity index (χ4n) is 1.85. The van der Waals surface area contributed by atoms with Crippen molar-refractivity contribution < 1.29 is 18.3 Å². The third-order valence-corrected chi connectivity index (χ3v) is 3.01. The van der Waals surface area contributed by atoms with Crippen LogP contribution in [0.5, 0.6) is 5.75 Å². The van der Waals surface area contributed by atoms with E-state index in [-0.39, 0.29) is 24.4 Å². The summed E-state index contributed by atoms with van der Waals surface area (Å²) in [7, 11) is 1.57. The smallest absolute Gasteiger partial charge is 0.224 e. The molecule has 21 heavy (non-hydrogen) atoms. The van der Waals surface area contributed by atoms with E-state index in [4.69, 9.17) is 4.74 Å². The predicted octanol–water partition coefficient (Wildman–Crippen LogP) is 2.83. The normalized spacial score (nSPS) is 10.2. The Kier molecular flexibility index (Phi) is 4.87. The molecule has 2 rings (SSSR count). The van der Waals surface area contributed by atoms with E-state index in [0.717, 1.165) is 17.7 Å². The van der Waals surface area contributed by atoms with Gasteiger partial charge in [-0.15, -0.1) is 0 Å². The average molecular weight is 291 g/mol. The van der Waals surface area contributed by atoms with Gasteiger partial charge in [-0.3, -0.25) is 4.79 Å². The Bertz CT molecular complexity index is 627. The summed E-state index contributed by atoms with van der Waals surface area (Å²) in [4.78, 5) is 11.8. The maximum Gasteiger partial charge on any atom is 0.224 e. The summed E-state index contributed by atoms with van der Waals surface area (Å²) in [6.07, 6.45) is 0.187. The van der Waals surface area contributed by atoms with E-state index in [1.54, 1.807) is 31.4 Å². The van der Waals surface area contributed by atoms with E-state index in [1.807, 2.05) is 0 Å². The fraction of sp³-hybridized carbons (Fsp3) is 0.188. The molecule has 0 bridgehead atoms. The second-order valence-electron chi connectivity index (χ2n) is 4.54. The fourth-order valence-corrected chi connectivity index (χ4v) is 1.85. The van der Waals surface area contributed by atoms with Crippen molar-refractivity contribution in [2.75, 3.05) is 7.11 Å². The topological polar surface area (TPSA) is 38.3 Å². The molecule has 0 saturated heterocycles. The minimum Gasteiger partial charge on any atom is -0.497 e. The summed E-state index contributed by atoms with van der Waals surface area (Å²) in [6, 6.07) is 10.4. The molecule has 0 aliphatic heterocycles. The van der Waals surface area contributed by atoms with Crippen molar-refractivity contribution in [3.63, 3.8) is 0 Å². The second-order valence-corrected chi connectivity index (χ2v) is 4.54. The molecule has 0 fully saturated rings. The van der Waals surface area contributed by atoms with Gasteiger partial charge < -0.3 is 10.1 Å². The van der Waals surface area contributed by atoms with Gasteiger partial charge in [0.05, 0.1) is 13.5 Å². The number of methoxy groups -OCH3 is 1. The molecule has 2 aromatic rings. The van der Waals surface area contributed by atoms with E-state index < -0.39 is 11.6 Å². The number of hydrogen-bond acceptors (Lipinski definition) is 2. The van der Waals surface area contributed by atoms with Crippen molar-refractivity contribution in [3.8, 4) is 5.75 Å². The van der Waals surface area contributed by atoms with Gasteiger partial charge in [-0.25, -0.2) is 8.78 Å². The highest BCUT2D eigenvalue weighted by Gasteiger charge is 2.07. The van der Waals surface area contributed by atoms with Crippen LogP contribution in [0.3, 0.4) is 0 Å². The van der Waals surface area contributed by atoms with Gasteiger partial charge in [0, 0.05) is 18.2 Å². The molecule has 0 unspecified atom stereocenters. The van der Waals surface area contributed by atoms with Crippen LogP contribution in [0.25, 0.3) is 0 Å². The largest absolute Gasteiger partial charge is 0.497 e. The predicted molar refractivity (Wildman–Crippen MR) is 74.9 cm³/mol. The number of halogens is 2. The molecule has 5 heteroatoms. The Labute approximate surface area is 121 Å². The Morgan fingerprint density at radius 3 is 2.48 bits per heavy atom. The van der Waals surface area contributed by atoms with Crippen LogP contribution < -0.4 is 10.1 Å². The van der Waals surface area contributed by atoms with E-state index in [2.05, 4.69) is 5.32 Å². The number of ether oxygens (including phenoxy) is 1. The van der Waals surface area contributed by atoms with Gasteiger partial charge in [0.25, 0.3) is 0 Å². The van der Waals surface area contributed by atoms with Crippen LogP contribution >= 0.6 is 0 Å². The molecule has 0 aliphatic carbocycles. The van der Waals surface area contributed by atoms with E-state index in [0.29, 0.717) is 5.75 Å². The first kappa shape index (κ1) is 15.0. The molecule has 0 radical (unpaired) electrons. The maximum atomic E-state index is 13.4. The Hall–Kier alpha value is -2.43. The van der Waals surface area contributed by atoms with Gasteiger partial charge in [-0.1, -0.05) is 18.2 Å². The number of nitrogens with one attached hydrogen (secondary N) is 1. The SMILES string of the molecule is COc1ccc(CC(=O)NCc2ccc(F)cc2F)cc1. The molecule has 1 N–H and O–H groups in total. The van der Waals surface area contributed by atoms with Gasteiger partial charge in [0.15, 0.2) is 0 Å². The lowest BCUT2D eigenvalue weighted by molar-refractivity contribution is -0.120. The number of amides is 1. The molecule has 0 atom stereocenters. The summed E-state index contributed by atoms with van der Waals surface area (Å²) >= 11 is 0. The highest BCUT2D eigenvalue weighted by molar-refractivity contribution is 5.78. The summed E-state index contributed by atoms with van der Waals surface area (Å²) in [5, 5.41) is 2.60. The molecular weight excluding hydrogens is 276 g/mol. The number of carbonyl (C=O) groups is 1. The first-order valence-electron chi connectivity index (χ1n) is 6.42. The van der Waals surface area contributed by atoms with Gasteiger partial charge in [-0.05, 0) is 23.8 Å². The molecule has 0 heterocycles. The quantitative estimate of drug-likeness (QED) is 0.920. The lowest BCUT2D eigenvalue weighted by atomic mass is 10.1. The van der Waals surface area contributed by atoms with Crippen molar-refractivity contribution in [2.45, 2.75) is 13.0 Å². The Balaban J connectivity index is 1.89. The molecule has 0 saturated carbocycles. The molecule has 110 valence electrons. The van der Waals surface area contributed by atoms with E-state index in [9.17, 15) is 13.6 Å². The summed E-state index contributed by atoms with van der Waals surface area (Å²) in [5.41, 5.74) is 1.08. The molecule has 0 aliphatic rings. The van der Waals surface area contributed by atoms with E-state index >= 15 is 0 Å². The highest BCUT2D eigenvalue weighted by atomic mass is 19.1. The number of carbonyl (C=O) groups excluding carboxylic acids is 1. The minimum absolute atomic E-state index is 0.0289. The molecule has 0 aromatic heterocycles. The van der Waals surface area contributed by atoms with Crippen LogP contribution in [0, 0.1) is 11.6 Å². The molecule has 2 aromatic carbocycles. The summed E-state index contributed by atoms with van der Waals surface area (Å²) in [6.45, 7) is 0.0289. The van der Waals surface area contributed by atoms with Crippen molar-refractivity contribution >= 4 is 5.91 Å². The first-order valence-corrected chi connectivity index (χ1v) is 6.42. The Morgan fingerprint density at radius 1 is 1.14 bits per heavy atom. The zero-order chi connectivity index (χ0) is 15.2. The monoisotopic (exact) mass is 291 g/mol. The zero-order valence-corrected chi connectivity index (χ0v) is 11.5. The lowest BCUT2D eigenvalue weighted by Gasteiger charge is -2.07. The van der Waals surface area contributed by atoms with Crippen LogP contribution in [-0.2, 0) is 17.8 Å². The van der Waals surface area contributed by atoms with Gasteiger partial charge in [0.2, 0.25) is 5.91 Å². The molecule has 1 amide bonds. The second kappa shape index (κ2) is 6.83. The van der Waals surface area contributed by atoms with Crippen LogP contribution in [-0.4, -0.2) is 13.0 Å². The summed E-state index contributed by atoms with van der Waals surface area (Å²) < 4.78 is 31.2. The average Bonchev–Trinajstić information content (AvgIpc) is 2.47. The molecule has 0 spiro atoms. The van der Waals surface area contributed by atoms with Crippen molar-refractivity contribution in [1.29, 1.82) is 0 Å².